The fraction of sp³-hybridized carbons (Fsp3) is 1.00. The first-order valence-electron chi connectivity index (χ1n) is 5.52. The van der Waals surface area contributed by atoms with Crippen molar-refractivity contribution in [3.8, 4) is 0 Å². The van der Waals surface area contributed by atoms with Gasteiger partial charge < -0.3 is 20.4 Å². The predicted octanol–water partition coefficient (Wildman–Crippen LogP) is -1.84. The standard InChI is InChI=1S/C10H19NO4/c12-5-7-9(14)10(15)8(13)4-11(7)3-6-1-2-6/h6-10,12-15H,1-5H2/t7-,8+,9-,10?/m1/s1. The van der Waals surface area contributed by atoms with Crippen LogP contribution >= 0.6 is 0 Å². The molecule has 0 amide bonds. The number of aliphatic hydroxyl groups excluding tert-OH is 4. The van der Waals surface area contributed by atoms with Crippen molar-refractivity contribution in [2.45, 2.75) is 37.2 Å². The predicted molar refractivity (Wildman–Crippen MR) is 53.2 cm³/mol. The maximum atomic E-state index is 9.70. The van der Waals surface area contributed by atoms with Gasteiger partial charge in [0.05, 0.1) is 18.8 Å². The van der Waals surface area contributed by atoms with Gasteiger partial charge in [-0.2, -0.15) is 0 Å². The monoisotopic (exact) mass is 217 g/mol. The van der Waals surface area contributed by atoms with Crippen molar-refractivity contribution in [1.82, 2.24) is 4.90 Å². The van der Waals surface area contributed by atoms with Gasteiger partial charge in [-0.25, -0.2) is 0 Å². The Balaban J connectivity index is 2.00. The Bertz CT molecular complexity index is 221. The van der Waals surface area contributed by atoms with Crippen LogP contribution in [0.15, 0.2) is 0 Å². The largest absolute Gasteiger partial charge is 0.395 e. The van der Waals surface area contributed by atoms with E-state index in [0.717, 1.165) is 6.54 Å². The summed E-state index contributed by atoms with van der Waals surface area (Å²) in [7, 11) is 0. The third-order valence-corrected chi connectivity index (χ3v) is 3.41. The van der Waals surface area contributed by atoms with Gasteiger partial charge in [0.1, 0.15) is 12.2 Å². The highest BCUT2D eigenvalue weighted by Gasteiger charge is 2.42. The van der Waals surface area contributed by atoms with Crippen molar-refractivity contribution in [2.75, 3.05) is 19.7 Å². The Morgan fingerprint density at radius 1 is 1.07 bits per heavy atom. The molecule has 0 bridgehead atoms. The number of nitrogens with zero attached hydrogens (tertiary/aromatic N) is 1. The SMILES string of the molecule is OC[C@@H]1[C@@H](O)C(O)[C@@H](O)CN1CC1CC1. The zero-order chi connectivity index (χ0) is 11.0. The van der Waals surface area contributed by atoms with E-state index < -0.39 is 24.4 Å². The molecule has 0 aromatic rings. The highest BCUT2D eigenvalue weighted by atomic mass is 16.4. The molecule has 1 saturated carbocycles. The van der Waals surface area contributed by atoms with E-state index in [1.807, 2.05) is 4.90 Å². The number of piperidine rings is 1. The van der Waals surface area contributed by atoms with Gasteiger partial charge in [-0.05, 0) is 18.8 Å². The van der Waals surface area contributed by atoms with Crippen LogP contribution in [0.3, 0.4) is 0 Å². The van der Waals surface area contributed by atoms with Gasteiger partial charge in [-0.15, -0.1) is 0 Å². The number of rotatable bonds is 3. The van der Waals surface area contributed by atoms with Gasteiger partial charge in [0.15, 0.2) is 0 Å². The second-order valence-corrected chi connectivity index (χ2v) is 4.70. The average molecular weight is 217 g/mol. The van der Waals surface area contributed by atoms with Crippen molar-refractivity contribution in [2.24, 2.45) is 5.92 Å². The lowest BCUT2D eigenvalue weighted by molar-refractivity contribution is -0.145. The van der Waals surface area contributed by atoms with Gasteiger partial charge in [-0.3, -0.25) is 4.90 Å². The summed E-state index contributed by atoms with van der Waals surface area (Å²) >= 11 is 0. The summed E-state index contributed by atoms with van der Waals surface area (Å²) in [6, 6.07) is -0.441. The van der Waals surface area contributed by atoms with Crippen molar-refractivity contribution in [1.29, 1.82) is 0 Å². The van der Waals surface area contributed by atoms with Gasteiger partial charge >= 0.3 is 0 Å². The summed E-state index contributed by atoms with van der Waals surface area (Å²) in [6.07, 6.45) is -0.746. The van der Waals surface area contributed by atoms with E-state index in [1.54, 1.807) is 0 Å². The van der Waals surface area contributed by atoms with Crippen molar-refractivity contribution >= 4 is 0 Å². The average Bonchev–Trinajstić information content (AvgIpc) is 2.99. The molecule has 0 spiro atoms. The summed E-state index contributed by atoms with van der Waals surface area (Å²) in [5, 5.41) is 37.9. The fourth-order valence-corrected chi connectivity index (χ4v) is 2.22. The number of hydrogen-bond acceptors (Lipinski definition) is 5. The Hall–Kier alpha value is -0.200. The minimum atomic E-state index is -1.14. The minimum Gasteiger partial charge on any atom is -0.395 e. The second-order valence-electron chi connectivity index (χ2n) is 4.70. The molecule has 2 aliphatic rings. The molecule has 0 aromatic heterocycles. The number of β-amino-alcohol motifs (C(OH)–C–C–N with tert-alkyl or cyclic N) is 1. The zero-order valence-corrected chi connectivity index (χ0v) is 8.66. The van der Waals surface area contributed by atoms with Crippen LogP contribution < -0.4 is 0 Å². The first-order valence-corrected chi connectivity index (χ1v) is 5.52. The van der Waals surface area contributed by atoms with Crippen molar-refractivity contribution < 1.29 is 20.4 Å². The molecule has 4 atom stereocenters. The Morgan fingerprint density at radius 3 is 2.27 bits per heavy atom. The molecule has 1 aliphatic heterocycles. The molecule has 88 valence electrons. The van der Waals surface area contributed by atoms with Gasteiger partial charge in [-0.1, -0.05) is 0 Å². The molecule has 4 N–H and O–H groups in total. The zero-order valence-electron chi connectivity index (χ0n) is 8.66. The van der Waals surface area contributed by atoms with Crippen molar-refractivity contribution in [3.05, 3.63) is 0 Å². The highest BCUT2D eigenvalue weighted by molar-refractivity contribution is 4.95. The van der Waals surface area contributed by atoms with Crippen LogP contribution in [0.25, 0.3) is 0 Å². The molecular formula is C10H19NO4. The third-order valence-electron chi connectivity index (χ3n) is 3.41. The van der Waals surface area contributed by atoms with Crippen LogP contribution in [0.5, 0.6) is 0 Å². The topological polar surface area (TPSA) is 84.2 Å². The first kappa shape index (κ1) is 11.3. The number of hydrogen-bond donors (Lipinski definition) is 4. The summed E-state index contributed by atoms with van der Waals surface area (Å²) in [5.41, 5.74) is 0. The molecule has 2 fully saturated rings. The molecule has 1 unspecified atom stereocenters. The van der Waals surface area contributed by atoms with Crippen molar-refractivity contribution in [3.63, 3.8) is 0 Å². The fourth-order valence-electron chi connectivity index (χ4n) is 2.22. The van der Waals surface area contributed by atoms with E-state index in [1.165, 1.54) is 12.8 Å². The van der Waals surface area contributed by atoms with E-state index in [2.05, 4.69) is 0 Å². The van der Waals surface area contributed by atoms with Gasteiger partial charge in [0.25, 0.3) is 0 Å². The van der Waals surface area contributed by atoms with Crippen LogP contribution in [0, 0.1) is 5.92 Å². The molecule has 1 aliphatic carbocycles. The molecule has 5 nitrogen and oxygen atoms in total. The maximum Gasteiger partial charge on any atom is 0.109 e. The normalized spacial score (nSPS) is 43.2. The van der Waals surface area contributed by atoms with E-state index in [-0.39, 0.29) is 6.61 Å². The number of aliphatic hydroxyl groups is 4. The van der Waals surface area contributed by atoms with E-state index in [4.69, 9.17) is 0 Å². The summed E-state index contributed by atoms with van der Waals surface area (Å²) in [4.78, 5) is 1.89. The lowest BCUT2D eigenvalue weighted by Gasteiger charge is -2.43. The van der Waals surface area contributed by atoms with E-state index in [0.29, 0.717) is 12.5 Å². The minimum absolute atomic E-state index is 0.183. The molecule has 0 aromatic carbocycles. The van der Waals surface area contributed by atoms with Crippen LogP contribution in [0.1, 0.15) is 12.8 Å². The lowest BCUT2D eigenvalue weighted by Crippen LogP contribution is -2.62. The second kappa shape index (κ2) is 4.35. The Morgan fingerprint density at radius 2 is 1.73 bits per heavy atom. The van der Waals surface area contributed by atoms with Gasteiger partial charge in [0, 0.05) is 13.1 Å². The summed E-state index contributed by atoms with van der Waals surface area (Å²) in [6.45, 7) is 0.948. The molecular weight excluding hydrogens is 198 g/mol. The first-order chi connectivity index (χ1) is 7.13. The molecule has 5 heteroatoms. The third kappa shape index (κ3) is 2.32. The molecule has 1 saturated heterocycles. The lowest BCUT2D eigenvalue weighted by atomic mass is 9.94. The Kier molecular flexibility index (Phi) is 3.27. The van der Waals surface area contributed by atoms with Crippen LogP contribution in [0.2, 0.25) is 0 Å². The van der Waals surface area contributed by atoms with Crippen LogP contribution in [-0.4, -0.2) is 69.4 Å². The van der Waals surface area contributed by atoms with E-state index in [9.17, 15) is 20.4 Å². The maximum absolute atomic E-state index is 9.70. The van der Waals surface area contributed by atoms with Crippen LogP contribution in [0.4, 0.5) is 0 Å². The highest BCUT2D eigenvalue weighted by Crippen LogP contribution is 2.32. The molecule has 2 rings (SSSR count). The summed E-state index contributed by atoms with van der Waals surface area (Å²) < 4.78 is 0. The Labute approximate surface area is 88.9 Å². The summed E-state index contributed by atoms with van der Waals surface area (Å²) in [5.74, 6) is 0.633. The van der Waals surface area contributed by atoms with E-state index >= 15 is 0 Å². The smallest absolute Gasteiger partial charge is 0.109 e. The molecule has 0 radical (unpaired) electrons. The molecule has 15 heavy (non-hydrogen) atoms. The van der Waals surface area contributed by atoms with Gasteiger partial charge in [0.2, 0.25) is 0 Å². The van der Waals surface area contributed by atoms with Crippen LogP contribution in [-0.2, 0) is 0 Å². The quantitative estimate of drug-likeness (QED) is 0.446. The molecule has 1 heterocycles. The number of likely N-dealkylation sites (tertiary alicyclic amines) is 1.